The van der Waals surface area contributed by atoms with Gasteiger partial charge in [0.1, 0.15) is 0 Å². The molecule has 0 aromatic heterocycles. The fourth-order valence-electron chi connectivity index (χ4n) is 1.99. The maximum Gasteiger partial charge on any atom is 0.251 e. The van der Waals surface area contributed by atoms with Gasteiger partial charge in [0, 0.05) is 17.5 Å². The summed E-state index contributed by atoms with van der Waals surface area (Å²) in [5.41, 5.74) is 0.662. The molecule has 0 atom stereocenters. The fraction of sp³-hybridized carbons (Fsp3) is 0.462. The van der Waals surface area contributed by atoms with Gasteiger partial charge in [0.05, 0.1) is 13.2 Å². The Morgan fingerprint density at radius 1 is 1.33 bits per heavy atom. The molecule has 2 heterocycles. The second kappa shape index (κ2) is 4.17. The predicted molar refractivity (Wildman–Crippen MR) is 63.8 cm³/mol. The van der Waals surface area contributed by atoms with Gasteiger partial charge >= 0.3 is 0 Å². The van der Waals surface area contributed by atoms with Crippen molar-refractivity contribution in [3.05, 3.63) is 23.8 Å². The molecule has 1 aromatic carbocycles. The topological polar surface area (TPSA) is 56.8 Å². The van der Waals surface area contributed by atoms with E-state index in [1.165, 1.54) is 0 Å². The van der Waals surface area contributed by atoms with Crippen LogP contribution < -0.4 is 14.8 Å². The average Bonchev–Trinajstić information content (AvgIpc) is 2.80. The van der Waals surface area contributed by atoms with Crippen LogP contribution in [0.4, 0.5) is 0 Å². The summed E-state index contributed by atoms with van der Waals surface area (Å²) in [6, 6.07) is 5.20. The molecule has 1 N–H and O–H groups in total. The van der Waals surface area contributed by atoms with Crippen LogP contribution in [0.2, 0.25) is 0 Å². The summed E-state index contributed by atoms with van der Waals surface area (Å²) in [6.45, 7) is 4.34. The van der Waals surface area contributed by atoms with Crippen molar-refractivity contribution in [3.63, 3.8) is 0 Å². The highest BCUT2D eigenvalue weighted by atomic mass is 16.7. The van der Waals surface area contributed by atoms with Crippen molar-refractivity contribution in [1.82, 2.24) is 5.32 Å². The summed E-state index contributed by atoms with van der Waals surface area (Å²) in [6.07, 6.45) is 0. The summed E-state index contributed by atoms with van der Waals surface area (Å²) in [7, 11) is 0. The van der Waals surface area contributed by atoms with Crippen LogP contribution in [-0.2, 0) is 4.74 Å². The summed E-state index contributed by atoms with van der Waals surface area (Å²) in [4.78, 5) is 12.0. The van der Waals surface area contributed by atoms with E-state index in [2.05, 4.69) is 12.2 Å². The Bertz CT molecular complexity index is 482. The lowest BCUT2D eigenvalue weighted by atomic mass is 9.88. The molecular formula is C13H15NO4. The van der Waals surface area contributed by atoms with E-state index in [1.807, 2.05) is 0 Å². The number of hydrogen-bond acceptors (Lipinski definition) is 4. The Morgan fingerprint density at radius 3 is 2.83 bits per heavy atom. The number of carbonyl (C=O) groups excluding carboxylic acids is 1. The Kier molecular flexibility index (Phi) is 2.63. The molecule has 0 spiro atoms. The Morgan fingerprint density at radius 2 is 2.11 bits per heavy atom. The molecule has 96 valence electrons. The van der Waals surface area contributed by atoms with E-state index in [0.717, 1.165) is 0 Å². The average molecular weight is 249 g/mol. The number of ether oxygens (including phenoxy) is 3. The first-order chi connectivity index (χ1) is 8.66. The van der Waals surface area contributed by atoms with Gasteiger partial charge in [-0.2, -0.15) is 0 Å². The van der Waals surface area contributed by atoms with Crippen LogP contribution in [0.15, 0.2) is 18.2 Å². The maximum absolute atomic E-state index is 12.0. The number of nitrogens with one attached hydrogen (secondary N) is 1. The molecule has 0 aliphatic carbocycles. The molecule has 0 radical (unpaired) electrons. The minimum atomic E-state index is -0.0959. The van der Waals surface area contributed by atoms with E-state index >= 15 is 0 Å². The van der Waals surface area contributed by atoms with Crippen LogP contribution in [0.1, 0.15) is 17.3 Å². The molecule has 1 aromatic rings. The Hall–Kier alpha value is -1.75. The normalized spacial score (nSPS) is 19.2. The van der Waals surface area contributed by atoms with Gasteiger partial charge in [-0.25, -0.2) is 0 Å². The monoisotopic (exact) mass is 249 g/mol. The van der Waals surface area contributed by atoms with Crippen LogP contribution in [0.5, 0.6) is 11.5 Å². The highest BCUT2D eigenvalue weighted by Crippen LogP contribution is 2.32. The number of fused-ring (bicyclic) bond motifs is 1. The predicted octanol–water partition coefficient (Wildman–Crippen LogP) is 1.18. The molecule has 1 amide bonds. The number of rotatable bonds is 3. The quantitative estimate of drug-likeness (QED) is 0.874. The molecule has 0 bridgehead atoms. The minimum Gasteiger partial charge on any atom is -0.454 e. The van der Waals surface area contributed by atoms with Crippen LogP contribution >= 0.6 is 0 Å². The van der Waals surface area contributed by atoms with Crippen molar-refractivity contribution in [2.24, 2.45) is 5.41 Å². The van der Waals surface area contributed by atoms with Gasteiger partial charge in [0.2, 0.25) is 6.79 Å². The van der Waals surface area contributed by atoms with Crippen LogP contribution in [0.25, 0.3) is 0 Å². The SMILES string of the molecule is CC1(CNC(=O)c2ccc3c(c2)OCO3)COC1. The summed E-state index contributed by atoms with van der Waals surface area (Å²) < 4.78 is 15.6. The lowest BCUT2D eigenvalue weighted by Gasteiger charge is -2.38. The van der Waals surface area contributed by atoms with Gasteiger partial charge in [-0.3, -0.25) is 4.79 Å². The molecular weight excluding hydrogens is 234 g/mol. The first kappa shape index (κ1) is 11.3. The highest BCUT2D eigenvalue weighted by molar-refractivity contribution is 5.94. The fourth-order valence-corrected chi connectivity index (χ4v) is 1.99. The minimum absolute atomic E-state index is 0.0754. The van der Waals surface area contributed by atoms with E-state index < -0.39 is 0 Å². The van der Waals surface area contributed by atoms with E-state index in [9.17, 15) is 4.79 Å². The molecule has 2 aliphatic rings. The standard InChI is InChI=1S/C13H15NO4/c1-13(6-16-7-13)5-14-12(15)9-2-3-10-11(4-9)18-8-17-10/h2-4H,5-8H2,1H3,(H,14,15). The number of amides is 1. The second-order valence-electron chi connectivity index (χ2n) is 5.05. The highest BCUT2D eigenvalue weighted by Gasteiger charge is 2.33. The lowest BCUT2D eigenvalue weighted by molar-refractivity contribution is -0.0978. The zero-order chi connectivity index (χ0) is 12.6. The second-order valence-corrected chi connectivity index (χ2v) is 5.05. The molecule has 5 heteroatoms. The summed E-state index contributed by atoms with van der Waals surface area (Å²) in [5.74, 6) is 1.22. The van der Waals surface area contributed by atoms with E-state index in [0.29, 0.717) is 36.8 Å². The van der Waals surface area contributed by atoms with Gasteiger partial charge < -0.3 is 19.5 Å². The molecule has 3 rings (SSSR count). The third-order valence-electron chi connectivity index (χ3n) is 3.21. The molecule has 18 heavy (non-hydrogen) atoms. The number of carbonyl (C=O) groups is 1. The van der Waals surface area contributed by atoms with Gasteiger partial charge in [-0.1, -0.05) is 6.92 Å². The van der Waals surface area contributed by atoms with Gasteiger partial charge in [0.15, 0.2) is 11.5 Å². The lowest BCUT2D eigenvalue weighted by Crippen LogP contribution is -2.48. The van der Waals surface area contributed by atoms with Crippen LogP contribution in [-0.4, -0.2) is 32.5 Å². The van der Waals surface area contributed by atoms with Crippen molar-refractivity contribution in [1.29, 1.82) is 0 Å². The van der Waals surface area contributed by atoms with Crippen LogP contribution in [0, 0.1) is 5.41 Å². The molecule has 0 saturated carbocycles. The van der Waals surface area contributed by atoms with Crippen molar-refractivity contribution in [2.45, 2.75) is 6.92 Å². The van der Waals surface area contributed by atoms with Crippen LogP contribution in [0.3, 0.4) is 0 Å². The largest absolute Gasteiger partial charge is 0.454 e. The number of benzene rings is 1. The third-order valence-corrected chi connectivity index (χ3v) is 3.21. The van der Waals surface area contributed by atoms with Gasteiger partial charge in [-0.05, 0) is 18.2 Å². The van der Waals surface area contributed by atoms with Gasteiger partial charge in [-0.15, -0.1) is 0 Å². The molecule has 1 fully saturated rings. The molecule has 1 saturated heterocycles. The zero-order valence-corrected chi connectivity index (χ0v) is 10.2. The Balaban J connectivity index is 1.65. The van der Waals surface area contributed by atoms with E-state index in [1.54, 1.807) is 18.2 Å². The summed E-state index contributed by atoms with van der Waals surface area (Å²) >= 11 is 0. The number of hydrogen-bond donors (Lipinski definition) is 1. The molecule has 0 unspecified atom stereocenters. The van der Waals surface area contributed by atoms with Crippen molar-refractivity contribution in [2.75, 3.05) is 26.6 Å². The van der Waals surface area contributed by atoms with E-state index in [4.69, 9.17) is 14.2 Å². The molecule has 5 nitrogen and oxygen atoms in total. The smallest absolute Gasteiger partial charge is 0.251 e. The van der Waals surface area contributed by atoms with E-state index in [-0.39, 0.29) is 18.1 Å². The van der Waals surface area contributed by atoms with Crippen molar-refractivity contribution >= 4 is 5.91 Å². The first-order valence-electron chi connectivity index (χ1n) is 5.92. The summed E-state index contributed by atoms with van der Waals surface area (Å²) in [5, 5.41) is 2.92. The Labute approximate surface area is 105 Å². The van der Waals surface area contributed by atoms with Crippen molar-refractivity contribution < 1.29 is 19.0 Å². The zero-order valence-electron chi connectivity index (χ0n) is 10.2. The van der Waals surface area contributed by atoms with Crippen molar-refractivity contribution in [3.8, 4) is 11.5 Å². The maximum atomic E-state index is 12.0. The third kappa shape index (κ3) is 2.01. The van der Waals surface area contributed by atoms with Gasteiger partial charge in [0.25, 0.3) is 5.91 Å². The first-order valence-corrected chi connectivity index (χ1v) is 5.92. The molecule has 2 aliphatic heterocycles.